The molecule has 5 rings (SSSR count). The summed E-state index contributed by atoms with van der Waals surface area (Å²) >= 11 is 0. The van der Waals surface area contributed by atoms with Gasteiger partial charge in [-0.3, -0.25) is 14.4 Å². The molecule has 2 aromatic rings. The number of aliphatic hydroxyl groups excluding tert-OH is 2. The van der Waals surface area contributed by atoms with E-state index in [2.05, 4.69) is 22.8 Å². The molecule has 2 amide bonds. The molecular weight excluding hydrogens is 552 g/mol. The zero-order valence-corrected chi connectivity index (χ0v) is 24.8. The van der Waals surface area contributed by atoms with Gasteiger partial charge in [0.25, 0.3) is 5.91 Å². The maximum Gasteiger partial charge on any atom is 0.306 e. The summed E-state index contributed by atoms with van der Waals surface area (Å²) in [6, 6.07) is 14.3. The van der Waals surface area contributed by atoms with Crippen molar-refractivity contribution in [1.29, 1.82) is 0 Å². The number of carbonyl (C=O) groups is 3. The van der Waals surface area contributed by atoms with E-state index in [1.54, 1.807) is 51.1 Å². The third-order valence-corrected chi connectivity index (χ3v) is 7.84. The van der Waals surface area contributed by atoms with E-state index in [9.17, 15) is 24.6 Å². The lowest BCUT2D eigenvalue weighted by molar-refractivity contribution is -0.171. The van der Waals surface area contributed by atoms with Gasteiger partial charge in [0.05, 0.1) is 18.8 Å². The summed E-state index contributed by atoms with van der Waals surface area (Å²) in [5.41, 5.74) is 3.22. The molecule has 0 bridgehead atoms. The van der Waals surface area contributed by atoms with Crippen molar-refractivity contribution in [1.82, 2.24) is 10.6 Å². The number of amides is 2. The Morgan fingerprint density at radius 1 is 1.05 bits per heavy atom. The lowest BCUT2D eigenvalue weighted by atomic mass is 9.92. The van der Waals surface area contributed by atoms with Gasteiger partial charge in [-0.25, -0.2) is 0 Å². The molecule has 43 heavy (non-hydrogen) atoms. The number of benzene rings is 2. The molecule has 230 valence electrons. The highest BCUT2D eigenvalue weighted by Gasteiger charge is 2.53. The van der Waals surface area contributed by atoms with Crippen LogP contribution in [0.1, 0.15) is 67.1 Å². The molecule has 10 heteroatoms. The van der Waals surface area contributed by atoms with Crippen molar-refractivity contribution in [3.8, 4) is 0 Å². The van der Waals surface area contributed by atoms with Crippen LogP contribution in [0, 0.1) is 0 Å². The minimum atomic E-state index is -0.874. The molecule has 0 unspecified atom stereocenters. The van der Waals surface area contributed by atoms with Crippen molar-refractivity contribution in [3.63, 3.8) is 0 Å². The van der Waals surface area contributed by atoms with Crippen LogP contribution in [0.4, 0.5) is 0 Å². The van der Waals surface area contributed by atoms with Crippen LogP contribution in [0.2, 0.25) is 0 Å². The Labute approximate surface area is 251 Å². The first-order valence-corrected chi connectivity index (χ1v) is 14.8. The van der Waals surface area contributed by atoms with E-state index in [1.807, 2.05) is 12.1 Å². The first-order chi connectivity index (χ1) is 20.4. The van der Waals surface area contributed by atoms with Crippen LogP contribution in [-0.2, 0) is 43.2 Å². The van der Waals surface area contributed by atoms with Gasteiger partial charge < -0.3 is 35.1 Å². The topological polar surface area (TPSA) is 143 Å². The first kappa shape index (κ1) is 30.9. The number of nitrogens with one attached hydrogen (secondary N) is 2. The second kappa shape index (κ2) is 12.6. The summed E-state index contributed by atoms with van der Waals surface area (Å²) in [7, 11) is 0. The summed E-state index contributed by atoms with van der Waals surface area (Å²) in [6.07, 6.45) is 1.46. The predicted octanol–water partition coefficient (Wildman–Crippen LogP) is 2.49. The SMILES string of the molecule is CC(C)(C)OC(=O)CC[C@@H](CO)NC(=O)c1cccc(CNC(=O)C2=C[C@H]3OC4(Cc5ccccc5C4)O[C@H]3[C@H](O)C2)c1. The van der Waals surface area contributed by atoms with Gasteiger partial charge in [0.2, 0.25) is 5.91 Å². The fourth-order valence-electron chi connectivity index (χ4n) is 5.85. The molecular formula is C33H40N2O8. The number of esters is 1. The second-order valence-corrected chi connectivity index (χ2v) is 12.5. The van der Waals surface area contributed by atoms with E-state index in [1.165, 1.54) is 11.1 Å². The molecule has 0 saturated carbocycles. The minimum Gasteiger partial charge on any atom is -0.460 e. The minimum absolute atomic E-state index is 0.0623. The second-order valence-electron chi connectivity index (χ2n) is 12.5. The number of ether oxygens (including phenoxy) is 3. The van der Waals surface area contributed by atoms with Gasteiger partial charge in [-0.05, 0) is 62.1 Å². The molecule has 0 radical (unpaired) electrons. The molecule has 2 aliphatic carbocycles. The van der Waals surface area contributed by atoms with E-state index in [0.717, 1.165) is 0 Å². The van der Waals surface area contributed by atoms with Gasteiger partial charge in [0, 0.05) is 43.4 Å². The van der Waals surface area contributed by atoms with Crippen LogP contribution in [0.5, 0.6) is 0 Å². The molecule has 4 atom stereocenters. The van der Waals surface area contributed by atoms with E-state index < -0.39 is 47.6 Å². The summed E-state index contributed by atoms with van der Waals surface area (Å²) < 4.78 is 17.9. The lowest BCUT2D eigenvalue weighted by Gasteiger charge is -2.27. The van der Waals surface area contributed by atoms with E-state index in [0.29, 0.717) is 29.5 Å². The predicted molar refractivity (Wildman–Crippen MR) is 157 cm³/mol. The first-order valence-electron chi connectivity index (χ1n) is 14.8. The Kier molecular flexibility index (Phi) is 9.03. The summed E-state index contributed by atoms with van der Waals surface area (Å²) in [6.45, 7) is 5.18. The standard InChI is InChI=1S/C33H40N2O8/c1-32(2,3)42-28(38)12-11-25(19-36)35-31(40)21-10-6-7-20(13-21)18-34-30(39)24-14-26(37)29-27(15-24)41-33(43-29)16-22-8-4-5-9-23(22)17-33/h4-10,13,15,25-27,29,36-37H,11-12,14,16-19H2,1-3H3,(H,34,39)(H,35,40)/t25-,26+,27+,29-/m0/s1. The molecule has 10 nitrogen and oxygen atoms in total. The van der Waals surface area contributed by atoms with E-state index in [-0.39, 0.29) is 38.3 Å². The maximum atomic E-state index is 13.1. The van der Waals surface area contributed by atoms with Crippen LogP contribution in [-0.4, -0.2) is 70.3 Å². The van der Waals surface area contributed by atoms with Crippen molar-refractivity contribution in [2.75, 3.05) is 6.61 Å². The summed E-state index contributed by atoms with van der Waals surface area (Å²) in [5, 5.41) is 26.2. The number of fused-ring (bicyclic) bond motifs is 2. The zero-order chi connectivity index (χ0) is 30.8. The van der Waals surface area contributed by atoms with Crippen molar-refractivity contribution >= 4 is 17.8 Å². The van der Waals surface area contributed by atoms with Crippen LogP contribution in [0.25, 0.3) is 0 Å². The number of aliphatic hydroxyl groups is 2. The highest BCUT2D eigenvalue weighted by Crippen LogP contribution is 2.44. The zero-order valence-electron chi connectivity index (χ0n) is 24.8. The highest BCUT2D eigenvalue weighted by molar-refractivity contribution is 5.95. The number of rotatable bonds is 9. The molecule has 3 aliphatic rings. The molecule has 1 fully saturated rings. The quantitative estimate of drug-likeness (QED) is 0.325. The third-order valence-electron chi connectivity index (χ3n) is 7.84. The fraction of sp³-hybridized carbons (Fsp3) is 0.485. The normalized spacial score (nSPS) is 22.7. The Bertz CT molecular complexity index is 1370. The average Bonchev–Trinajstić information content (AvgIpc) is 3.51. The van der Waals surface area contributed by atoms with Crippen LogP contribution in [0.3, 0.4) is 0 Å². The van der Waals surface area contributed by atoms with Crippen LogP contribution >= 0.6 is 0 Å². The monoisotopic (exact) mass is 592 g/mol. The van der Waals surface area contributed by atoms with Gasteiger partial charge >= 0.3 is 5.97 Å². The van der Waals surface area contributed by atoms with Crippen molar-refractivity contribution in [2.24, 2.45) is 0 Å². The van der Waals surface area contributed by atoms with Gasteiger partial charge in [-0.2, -0.15) is 0 Å². The van der Waals surface area contributed by atoms with Gasteiger partial charge in [-0.15, -0.1) is 0 Å². The summed E-state index contributed by atoms with van der Waals surface area (Å²) in [5.74, 6) is -1.95. The Morgan fingerprint density at radius 2 is 1.77 bits per heavy atom. The molecule has 1 heterocycles. The number of hydrogen-bond donors (Lipinski definition) is 4. The van der Waals surface area contributed by atoms with Crippen molar-refractivity contribution in [2.45, 2.75) is 95.2 Å². The van der Waals surface area contributed by atoms with Gasteiger partial charge in [-0.1, -0.05) is 36.4 Å². The molecule has 4 N–H and O–H groups in total. The Balaban J connectivity index is 1.14. The molecule has 1 saturated heterocycles. The lowest BCUT2D eigenvalue weighted by Crippen LogP contribution is -2.41. The smallest absolute Gasteiger partial charge is 0.306 e. The van der Waals surface area contributed by atoms with Crippen LogP contribution < -0.4 is 10.6 Å². The van der Waals surface area contributed by atoms with Crippen molar-refractivity contribution < 1.29 is 38.8 Å². The van der Waals surface area contributed by atoms with Crippen LogP contribution in [0.15, 0.2) is 60.2 Å². The molecule has 1 spiro atoms. The maximum absolute atomic E-state index is 13.1. The Hall–Kier alpha value is -3.57. The molecule has 0 aromatic heterocycles. The largest absolute Gasteiger partial charge is 0.460 e. The Morgan fingerprint density at radius 3 is 2.44 bits per heavy atom. The fourth-order valence-corrected chi connectivity index (χ4v) is 5.85. The van der Waals surface area contributed by atoms with Crippen molar-refractivity contribution in [3.05, 3.63) is 82.4 Å². The highest BCUT2D eigenvalue weighted by atomic mass is 16.8. The van der Waals surface area contributed by atoms with E-state index in [4.69, 9.17) is 14.2 Å². The molecule has 1 aliphatic heterocycles. The average molecular weight is 593 g/mol. The third kappa shape index (κ3) is 7.51. The number of carbonyl (C=O) groups excluding carboxylic acids is 3. The summed E-state index contributed by atoms with van der Waals surface area (Å²) in [4.78, 5) is 38.0. The van der Waals surface area contributed by atoms with Gasteiger partial charge in [0.15, 0.2) is 5.79 Å². The molecule has 2 aromatic carbocycles. The number of hydrogen-bond acceptors (Lipinski definition) is 8. The van der Waals surface area contributed by atoms with E-state index >= 15 is 0 Å². The van der Waals surface area contributed by atoms with Gasteiger partial charge in [0.1, 0.15) is 17.8 Å².